The van der Waals surface area contributed by atoms with Crippen LogP contribution in [0.25, 0.3) is 5.57 Å². The maximum absolute atomic E-state index is 12.9. The summed E-state index contributed by atoms with van der Waals surface area (Å²) in [5.41, 5.74) is 0.700. The molecule has 1 aromatic rings. The minimum absolute atomic E-state index is 0.0291. The number of fused-ring (bicyclic) bond motifs is 2. The normalized spacial score (nSPS) is 31.2. The van der Waals surface area contributed by atoms with E-state index in [0.29, 0.717) is 15.3 Å². The summed E-state index contributed by atoms with van der Waals surface area (Å²) in [5.74, 6) is 0.0327. The lowest BCUT2D eigenvalue weighted by Crippen LogP contribution is -2.44. The van der Waals surface area contributed by atoms with Crippen LogP contribution in [0.1, 0.15) is 27.4 Å². The number of ketones is 1. The number of nitrogens with zero attached hydrogens (tertiary/aromatic N) is 2. The molecule has 108 valence electrons. The SMILES string of the molecule is N#CC(C#N)=C1c2sc(=O)sc2C(=O)C2C1[C@@H]1C=C[C@H]2CC1. The van der Waals surface area contributed by atoms with Gasteiger partial charge in [0.05, 0.1) is 9.75 Å². The van der Waals surface area contributed by atoms with E-state index >= 15 is 0 Å². The first kappa shape index (κ1) is 13.6. The van der Waals surface area contributed by atoms with E-state index in [2.05, 4.69) is 12.2 Å². The Hall–Kier alpha value is -2.02. The monoisotopic (exact) mass is 326 g/mol. The van der Waals surface area contributed by atoms with E-state index in [4.69, 9.17) is 0 Å². The third kappa shape index (κ3) is 1.65. The summed E-state index contributed by atoms with van der Waals surface area (Å²) in [6.07, 6.45) is 6.15. The second-order valence-electron chi connectivity index (χ2n) is 5.83. The Morgan fingerprint density at radius 1 is 1.00 bits per heavy atom. The number of carbonyl (C=O) groups excluding carboxylic acids is 1. The first-order valence-electron chi connectivity index (χ1n) is 7.07. The molecule has 1 heterocycles. The molecule has 4 atom stereocenters. The van der Waals surface area contributed by atoms with E-state index in [1.807, 2.05) is 12.1 Å². The highest BCUT2D eigenvalue weighted by Crippen LogP contribution is 2.56. The second-order valence-corrected chi connectivity index (χ2v) is 8.06. The van der Waals surface area contributed by atoms with Crippen LogP contribution in [-0.4, -0.2) is 5.78 Å². The van der Waals surface area contributed by atoms with Crippen molar-refractivity contribution in [3.8, 4) is 12.1 Å². The summed E-state index contributed by atoms with van der Waals surface area (Å²) < 4.78 is -0.148. The van der Waals surface area contributed by atoms with Gasteiger partial charge in [0.25, 0.3) is 4.06 Å². The Labute approximate surface area is 134 Å². The van der Waals surface area contributed by atoms with Gasteiger partial charge >= 0.3 is 0 Å². The van der Waals surface area contributed by atoms with E-state index < -0.39 is 0 Å². The standard InChI is InChI=1S/C16H10N2O2S2/c17-5-9(6-18)12-10-7-1-3-8(4-2-7)11(10)13(19)15-14(12)21-16(20)22-15/h1,3,7-8,10-11H,2,4H2/t7-,8+,10?,11?/m1/s1. The van der Waals surface area contributed by atoms with E-state index in [0.717, 1.165) is 35.5 Å². The zero-order valence-corrected chi connectivity index (χ0v) is 13.0. The van der Waals surface area contributed by atoms with Gasteiger partial charge in [-0.1, -0.05) is 34.8 Å². The molecule has 0 amide bonds. The smallest absolute Gasteiger partial charge is 0.288 e. The van der Waals surface area contributed by atoms with Gasteiger partial charge in [-0.15, -0.1) is 0 Å². The predicted octanol–water partition coefficient (Wildman–Crippen LogP) is 3.00. The van der Waals surface area contributed by atoms with Crippen LogP contribution in [0.5, 0.6) is 0 Å². The minimum Gasteiger partial charge on any atom is -0.293 e. The third-order valence-electron chi connectivity index (χ3n) is 4.92. The number of hydrogen-bond donors (Lipinski definition) is 0. The number of allylic oxidation sites excluding steroid dienone is 4. The molecule has 0 spiro atoms. The summed E-state index contributed by atoms with van der Waals surface area (Å²) >= 11 is 1.96. The highest BCUT2D eigenvalue weighted by Gasteiger charge is 2.51. The lowest BCUT2D eigenvalue weighted by atomic mass is 9.56. The molecule has 4 aliphatic rings. The molecular formula is C16H10N2O2S2. The highest BCUT2D eigenvalue weighted by atomic mass is 32.2. The van der Waals surface area contributed by atoms with Gasteiger partial charge in [0.2, 0.25) is 0 Å². The van der Waals surface area contributed by atoms with Crippen LogP contribution in [-0.2, 0) is 0 Å². The molecule has 4 nitrogen and oxygen atoms in total. The molecule has 6 heteroatoms. The van der Waals surface area contributed by atoms with Crippen molar-refractivity contribution in [3.05, 3.63) is 36.3 Å². The van der Waals surface area contributed by atoms with Crippen LogP contribution in [0.3, 0.4) is 0 Å². The summed E-state index contributed by atoms with van der Waals surface area (Å²) in [6, 6.07) is 3.94. The molecule has 2 unspecified atom stereocenters. The minimum atomic E-state index is -0.215. The van der Waals surface area contributed by atoms with Crippen molar-refractivity contribution >= 4 is 34.0 Å². The van der Waals surface area contributed by atoms with Crippen LogP contribution in [0.2, 0.25) is 0 Å². The van der Waals surface area contributed by atoms with Crippen molar-refractivity contribution < 1.29 is 4.79 Å². The number of rotatable bonds is 0. The molecule has 0 N–H and O–H groups in total. The number of hydrogen-bond acceptors (Lipinski definition) is 6. The van der Waals surface area contributed by atoms with Gasteiger partial charge in [0.15, 0.2) is 5.78 Å². The molecule has 1 fully saturated rings. The first-order valence-corrected chi connectivity index (χ1v) is 8.70. The highest BCUT2D eigenvalue weighted by molar-refractivity contribution is 7.29. The summed E-state index contributed by atoms with van der Waals surface area (Å²) in [6.45, 7) is 0. The lowest BCUT2D eigenvalue weighted by molar-refractivity contribution is 0.0739. The molecule has 1 aromatic heterocycles. The van der Waals surface area contributed by atoms with Crippen LogP contribution in [0.15, 0.2) is 22.5 Å². The van der Waals surface area contributed by atoms with Gasteiger partial charge in [0.1, 0.15) is 17.7 Å². The lowest BCUT2D eigenvalue weighted by Gasteiger charge is -2.47. The zero-order valence-electron chi connectivity index (χ0n) is 11.4. The zero-order chi connectivity index (χ0) is 15.4. The van der Waals surface area contributed by atoms with Gasteiger partial charge in [-0.25, -0.2) is 0 Å². The molecular weight excluding hydrogens is 316 g/mol. The van der Waals surface area contributed by atoms with Gasteiger partial charge in [-0.05, 0) is 24.7 Å². The second kappa shape index (κ2) is 4.74. The van der Waals surface area contributed by atoms with Crippen LogP contribution < -0.4 is 4.06 Å². The van der Waals surface area contributed by atoms with Crippen molar-refractivity contribution in [2.75, 3.05) is 0 Å². The topological polar surface area (TPSA) is 81.7 Å². The average molecular weight is 326 g/mol. The van der Waals surface area contributed by atoms with E-state index in [-0.39, 0.29) is 39.1 Å². The van der Waals surface area contributed by atoms with E-state index in [1.54, 1.807) is 0 Å². The Morgan fingerprint density at radius 3 is 2.18 bits per heavy atom. The maximum atomic E-state index is 12.9. The van der Waals surface area contributed by atoms with Crippen LogP contribution in [0.4, 0.5) is 0 Å². The number of nitriles is 2. The van der Waals surface area contributed by atoms with Crippen molar-refractivity contribution in [1.29, 1.82) is 10.5 Å². The fourth-order valence-electron chi connectivity index (χ4n) is 4.09. The Bertz CT molecular complexity index is 874. The van der Waals surface area contributed by atoms with Gasteiger partial charge in [-0.3, -0.25) is 9.59 Å². The molecule has 0 aliphatic heterocycles. The first-order chi connectivity index (χ1) is 10.7. The van der Waals surface area contributed by atoms with E-state index in [9.17, 15) is 20.1 Å². The molecule has 22 heavy (non-hydrogen) atoms. The molecule has 0 saturated heterocycles. The van der Waals surface area contributed by atoms with Crippen molar-refractivity contribution in [3.63, 3.8) is 0 Å². The third-order valence-corrected chi connectivity index (χ3v) is 7.12. The fraction of sp³-hybridized carbons (Fsp3) is 0.375. The molecule has 5 rings (SSSR count). The molecule has 1 saturated carbocycles. The number of Topliss-reactive ketones (excluding diaryl/α,β-unsaturated/α-hetero) is 1. The summed E-state index contributed by atoms with van der Waals surface area (Å²) in [7, 11) is 0. The predicted molar refractivity (Wildman–Crippen MR) is 83.3 cm³/mol. The van der Waals surface area contributed by atoms with E-state index in [1.165, 1.54) is 0 Å². The van der Waals surface area contributed by atoms with Crippen LogP contribution >= 0.6 is 22.7 Å². The Kier molecular flexibility index (Phi) is 2.94. The molecule has 0 radical (unpaired) electrons. The molecule has 4 aliphatic carbocycles. The maximum Gasteiger partial charge on any atom is 0.288 e. The van der Waals surface area contributed by atoms with Crippen LogP contribution in [0, 0.1) is 46.3 Å². The Balaban J connectivity index is 2.06. The van der Waals surface area contributed by atoms with Gasteiger partial charge in [0, 0.05) is 17.4 Å². The Morgan fingerprint density at radius 2 is 1.59 bits per heavy atom. The fourth-order valence-corrected chi connectivity index (χ4v) is 6.32. The van der Waals surface area contributed by atoms with Crippen molar-refractivity contribution in [2.24, 2.45) is 23.7 Å². The molecule has 2 bridgehead atoms. The van der Waals surface area contributed by atoms with Crippen molar-refractivity contribution in [2.45, 2.75) is 12.8 Å². The summed E-state index contributed by atoms with van der Waals surface area (Å²) in [5, 5.41) is 18.7. The average Bonchev–Trinajstić information content (AvgIpc) is 2.94. The van der Waals surface area contributed by atoms with Gasteiger partial charge < -0.3 is 0 Å². The molecule has 0 aromatic carbocycles. The largest absolute Gasteiger partial charge is 0.293 e. The number of carbonyl (C=O) groups is 1. The summed E-state index contributed by atoms with van der Waals surface area (Å²) in [4.78, 5) is 25.7. The van der Waals surface area contributed by atoms with Gasteiger partial charge in [-0.2, -0.15) is 10.5 Å². The van der Waals surface area contributed by atoms with Crippen molar-refractivity contribution in [1.82, 2.24) is 0 Å². The quantitative estimate of drug-likeness (QED) is 0.542.